The fourth-order valence-corrected chi connectivity index (χ4v) is 5.64. The third-order valence-corrected chi connectivity index (χ3v) is 8.32. The molecule has 264 valence electrons. The number of amides is 4. The van der Waals surface area contributed by atoms with Gasteiger partial charge in [-0.15, -0.1) is 5.06 Å². The molecule has 2 saturated heterocycles. The number of ether oxygens (including phenoxy) is 2. The molecule has 4 amide bonds. The molecule has 1 saturated carbocycles. The van der Waals surface area contributed by atoms with Crippen LogP contribution in [-0.4, -0.2) is 130 Å². The number of aromatic nitrogens is 2. The number of hydrogen-bond donors (Lipinski definition) is 3. The van der Waals surface area contributed by atoms with Gasteiger partial charge in [0.05, 0.1) is 25.4 Å². The number of nitrogens with zero attached hydrogens (tertiary/aromatic N) is 5. The molecule has 17 nitrogen and oxygen atoms in total. The minimum Gasteiger partial charge on any atom is -0.481 e. The minimum atomic E-state index is -1.19. The number of nitrogens with one attached hydrogen (secondary N) is 2. The first-order valence-electron chi connectivity index (χ1n) is 16.4. The maximum absolute atomic E-state index is 13.5. The number of aliphatic carboxylic acids is 1. The van der Waals surface area contributed by atoms with Crippen molar-refractivity contribution in [1.82, 2.24) is 35.3 Å². The Morgan fingerprint density at radius 2 is 1.73 bits per heavy atom. The van der Waals surface area contributed by atoms with E-state index in [1.54, 1.807) is 37.3 Å². The first-order chi connectivity index (χ1) is 23.6. The molecule has 0 unspecified atom stereocenters. The van der Waals surface area contributed by atoms with Crippen molar-refractivity contribution in [3.8, 4) is 11.6 Å². The van der Waals surface area contributed by atoms with E-state index in [9.17, 15) is 33.9 Å². The van der Waals surface area contributed by atoms with Gasteiger partial charge in [-0.3, -0.25) is 24.0 Å². The van der Waals surface area contributed by atoms with Crippen molar-refractivity contribution in [2.45, 2.75) is 63.6 Å². The molecule has 0 spiro atoms. The third kappa shape index (κ3) is 9.46. The average Bonchev–Trinajstić information content (AvgIpc) is 3.58. The summed E-state index contributed by atoms with van der Waals surface area (Å²) in [6.45, 7) is 2.51. The van der Waals surface area contributed by atoms with E-state index >= 15 is 0 Å². The van der Waals surface area contributed by atoms with E-state index < -0.39 is 42.6 Å². The number of para-hydroxylation sites is 1. The fourth-order valence-electron chi connectivity index (χ4n) is 5.64. The Hall–Kier alpha value is -5.19. The van der Waals surface area contributed by atoms with Gasteiger partial charge in [0.2, 0.25) is 17.7 Å². The predicted molar refractivity (Wildman–Crippen MR) is 169 cm³/mol. The highest BCUT2D eigenvalue weighted by Crippen LogP contribution is 2.24. The van der Waals surface area contributed by atoms with Crippen LogP contribution in [0.4, 0.5) is 4.79 Å². The summed E-state index contributed by atoms with van der Waals surface area (Å²) < 4.78 is 12.0. The van der Waals surface area contributed by atoms with Crippen LogP contribution in [0.3, 0.4) is 0 Å². The summed E-state index contributed by atoms with van der Waals surface area (Å²) in [5.74, 6) is -2.86. The zero-order valence-corrected chi connectivity index (χ0v) is 27.2. The van der Waals surface area contributed by atoms with E-state index in [-0.39, 0.29) is 75.1 Å². The molecule has 0 bridgehead atoms. The highest BCUT2D eigenvalue weighted by atomic mass is 16.8. The number of hydroxylamine groups is 2. The third-order valence-electron chi connectivity index (χ3n) is 8.32. The Morgan fingerprint density at radius 3 is 2.41 bits per heavy atom. The summed E-state index contributed by atoms with van der Waals surface area (Å²) in [6, 6.07) is 8.53. The Morgan fingerprint density at radius 1 is 1.00 bits per heavy atom. The number of benzene rings is 1. The van der Waals surface area contributed by atoms with Crippen LogP contribution in [-0.2, 0) is 28.8 Å². The lowest BCUT2D eigenvalue weighted by Crippen LogP contribution is -2.55. The number of carbonyl (C=O) groups excluding carboxylic acids is 5. The van der Waals surface area contributed by atoms with Crippen molar-refractivity contribution in [1.29, 1.82) is 0 Å². The summed E-state index contributed by atoms with van der Waals surface area (Å²) in [6.07, 6.45) is 1.72. The van der Waals surface area contributed by atoms with Gasteiger partial charge in [-0.1, -0.05) is 18.2 Å². The lowest BCUT2D eigenvalue weighted by molar-refractivity contribution is -0.157. The van der Waals surface area contributed by atoms with E-state index in [0.717, 1.165) is 12.8 Å². The van der Waals surface area contributed by atoms with Crippen molar-refractivity contribution in [2.75, 3.05) is 45.9 Å². The highest BCUT2D eigenvalue weighted by Gasteiger charge is 2.37. The lowest BCUT2D eigenvalue weighted by Gasteiger charge is -2.35. The van der Waals surface area contributed by atoms with E-state index in [1.807, 2.05) is 0 Å². The van der Waals surface area contributed by atoms with Crippen LogP contribution < -0.4 is 15.4 Å². The van der Waals surface area contributed by atoms with Crippen molar-refractivity contribution in [3.63, 3.8) is 0 Å². The topological polar surface area (TPSA) is 202 Å². The average molecular weight is 684 g/mol. The SMILES string of the molecule is CCOC(=O)ON1CCN(C(=O)[C@H](CCC(=O)O)NC(=O)c2cc(OCC(=O)N3CCC[C@H]3C(=O)NC3CC3)n(-c3ccccc3)n2)CC1. The summed E-state index contributed by atoms with van der Waals surface area (Å²) in [7, 11) is 0. The Kier molecular flexibility index (Phi) is 11.7. The first-order valence-corrected chi connectivity index (χ1v) is 16.4. The Bertz CT molecular complexity index is 1520. The lowest BCUT2D eigenvalue weighted by atomic mass is 10.1. The second-order valence-electron chi connectivity index (χ2n) is 11.9. The number of carbonyl (C=O) groups is 6. The van der Waals surface area contributed by atoms with Gasteiger partial charge >= 0.3 is 12.1 Å². The largest absolute Gasteiger partial charge is 0.527 e. The number of carboxylic acids is 1. The quantitative estimate of drug-likeness (QED) is 0.236. The second-order valence-corrected chi connectivity index (χ2v) is 11.9. The van der Waals surface area contributed by atoms with Crippen molar-refractivity contribution in [2.24, 2.45) is 0 Å². The number of carboxylic acid groups (broad SMARTS) is 1. The Balaban J connectivity index is 1.26. The van der Waals surface area contributed by atoms with Crippen molar-refractivity contribution in [3.05, 3.63) is 42.1 Å². The van der Waals surface area contributed by atoms with E-state index in [2.05, 4.69) is 15.7 Å². The molecule has 1 aliphatic carbocycles. The summed E-state index contributed by atoms with van der Waals surface area (Å²) in [4.78, 5) is 84.0. The van der Waals surface area contributed by atoms with Crippen LogP contribution in [0.15, 0.2) is 36.4 Å². The number of likely N-dealkylation sites (tertiary alicyclic amines) is 1. The van der Waals surface area contributed by atoms with Crippen LogP contribution in [0.2, 0.25) is 0 Å². The standard InChI is InChI=1S/C32H41N7O10/c1-2-47-32(46)49-37-17-15-36(16-18-37)31(45)23(12-13-28(41)42)34-29(43)24-19-27(39(35-24)22-7-4-3-5-8-22)48-20-26(40)38-14-6-9-25(38)30(44)33-21-10-11-21/h3-5,7-8,19,21,23,25H,2,6,9-18,20H2,1H3,(H,33,44)(H,34,43)(H,41,42)/t23-,25-/m0/s1. The van der Waals surface area contributed by atoms with Gasteiger partial charge in [0.1, 0.15) is 12.1 Å². The zero-order chi connectivity index (χ0) is 34.9. The minimum absolute atomic E-state index is 0.0778. The van der Waals surface area contributed by atoms with Crippen LogP contribution in [0.25, 0.3) is 5.69 Å². The molecule has 1 aromatic carbocycles. The molecular formula is C32H41N7O10. The van der Waals surface area contributed by atoms with Crippen LogP contribution >= 0.6 is 0 Å². The molecule has 3 aliphatic rings. The molecule has 1 aromatic heterocycles. The molecule has 2 aromatic rings. The molecule has 3 N–H and O–H groups in total. The van der Waals surface area contributed by atoms with Crippen LogP contribution in [0, 0.1) is 0 Å². The number of rotatable bonds is 14. The predicted octanol–water partition coefficient (Wildman–Crippen LogP) is 0.716. The molecule has 49 heavy (non-hydrogen) atoms. The van der Waals surface area contributed by atoms with Gasteiger partial charge in [-0.25, -0.2) is 9.48 Å². The van der Waals surface area contributed by atoms with E-state index in [1.165, 1.54) is 25.6 Å². The molecule has 17 heteroatoms. The molecule has 2 aliphatic heterocycles. The molecule has 3 heterocycles. The normalized spacial score (nSPS) is 18.3. The first kappa shape index (κ1) is 35.1. The van der Waals surface area contributed by atoms with Crippen molar-refractivity contribution < 1.29 is 48.2 Å². The number of piperazine rings is 1. The Labute approximate surface area is 282 Å². The zero-order valence-electron chi connectivity index (χ0n) is 27.2. The molecule has 5 rings (SSSR count). The monoisotopic (exact) mass is 683 g/mol. The van der Waals surface area contributed by atoms with Gasteiger partial charge in [0.25, 0.3) is 11.8 Å². The fraction of sp³-hybridized carbons (Fsp3) is 0.531. The molecule has 3 fully saturated rings. The maximum atomic E-state index is 13.5. The van der Waals surface area contributed by atoms with E-state index in [0.29, 0.717) is 25.1 Å². The van der Waals surface area contributed by atoms with Gasteiger partial charge in [0, 0.05) is 38.2 Å². The number of hydrogen-bond acceptors (Lipinski definition) is 11. The van der Waals surface area contributed by atoms with Gasteiger partial charge in [-0.2, -0.15) is 5.10 Å². The van der Waals surface area contributed by atoms with Gasteiger partial charge < -0.3 is 39.9 Å². The molecule has 0 radical (unpaired) electrons. The van der Waals surface area contributed by atoms with Gasteiger partial charge in [0.15, 0.2) is 12.3 Å². The summed E-state index contributed by atoms with van der Waals surface area (Å²) >= 11 is 0. The summed E-state index contributed by atoms with van der Waals surface area (Å²) in [5.41, 5.74) is 0.406. The summed E-state index contributed by atoms with van der Waals surface area (Å²) in [5, 5.41) is 20.7. The maximum Gasteiger partial charge on any atom is 0.527 e. The second kappa shape index (κ2) is 16.3. The van der Waals surface area contributed by atoms with Crippen LogP contribution in [0.1, 0.15) is 55.9 Å². The van der Waals surface area contributed by atoms with E-state index in [4.69, 9.17) is 14.3 Å². The smallest absolute Gasteiger partial charge is 0.481 e. The highest BCUT2D eigenvalue weighted by molar-refractivity contribution is 5.96. The molecule has 2 atom stereocenters. The van der Waals surface area contributed by atoms with Crippen molar-refractivity contribution >= 4 is 35.8 Å². The van der Waals surface area contributed by atoms with Gasteiger partial charge in [-0.05, 0) is 51.2 Å². The molecular weight excluding hydrogens is 642 g/mol. The van der Waals surface area contributed by atoms with Crippen LogP contribution in [0.5, 0.6) is 5.88 Å².